The smallest absolute Gasteiger partial charge is 0.119 e. The number of hydrogen-bond donors (Lipinski definition) is 2. The van der Waals surface area contributed by atoms with Crippen molar-refractivity contribution in [2.75, 3.05) is 6.54 Å². The van der Waals surface area contributed by atoms with Crippen molar-refractivity contribution in [1.82, 2.24) is 0 Å². The second-order valence-electron chi connectivity index (χ2n) is 3.59. The Balaban J connectivity index is 2.97. The third-order valence-corrected chi connectivity index (χ3v) is 2.15. The van der Waals surface area contributed by atoms with E-state index < -0.39 is 0 Å². The molecule has 0 saturated carbocycles. The molecule has 0 spiro atoms. The molecule has 0 fully saturated rings. The van der Waals surface area contributed by atoms with E-state index >= 15 is 0 Å². The molecule has 3 N–H and O–H groups in total. The Labute approximate surface area is 79.4 Å². The van der Waals surface area contributed by atoms with E-state index in [0.29, 0.717) is 18.2 Å². The van der Waals surface area contributed by atoms with Crippen LogP contribution < -0.4 is 5.73 Å². The second-order valence-corrected chi connectivity index (χ2v) is 3.59. The number of phenolic OH excluding ortho intramolecular Hbond substituents is 1. The van der Waals surface area contributed by atoms with Crippen LogP contribution in [0.2, 0.25) is 0 Å². The highest BCUT2D eigenvalue weighted by Gasteiger charge is 2.05. The molecule has 0 aliphatic heterocycles. The van der Waals surface area contributed by atoms with Gasteiger partial charge in [0, 0.05) is 0 Å². The Bertz CT molecular complexity index is 281. The summed E-state index contributed by atoms with van der Waals surface area (Å²) in [6, 6.07) is 5.71. The van der Waals surface area contributed by atoms with Crippen LogP contribution in [0.3, 0.4) is 0 Å². The van der Waals surface area contributed by atoms with Crippen molar-refractivity contribution < 1.29 is 5.11 Å². The lowest BCUT2D eigenvalue weighted by atomic mass is 9.98. The van der Waals surface area contributed by atoms with Crippen LogP contribution in [-0.2, 0) is 6.42 Å². The lowest BCUT2D eigenvalue weighted by Crippen LogP contribution is -2.03. The van der Waals surface area contributed by atoms with Crippen LogP contribution in [-0.4, -0.2) is 11.7 Å². The van der Waals surface area contributed by atoms with Gasteiger partial charge in [0.2, 0.25) is 0 Å². The summed E-state index contributed by atoms with van der Waals surface area (Å²) in [5, 5.41) is 9.54. The van der Waals surface area contributed by atoms with Gasteiger partial charge in [-0.15, -0.1) is 0 Å². The Morgan fingerprint density at radius 3 is 2.62 bits per heavy atom. The highest BCUT2D eigenvalue weighted by molar-refractivity contribution is 5.38. The summed E-state index contributed by atoms with van der Waals surface area (Å²) >= 11 is 0. The zero-order valence-corrected chi connectivity index (χ0v) is 8.25. The third-order valence-electron chi connectivity index (χ3n) is 2.15. The molecule has 0 unspecified atom stereocenters. The fourth-order valence-corrected chi connectivity index (χ4v) is 1.39. The molecule has 72 valence electrons. The van der Waals surface area contributed by atoms with Crippen molar-refractivity contribution in [3.05, 3.63) is 29.3 Å². The van der Waals surface area contributed by atoms with E-state index in [1.54, 1.807) is 6.07 Å². The molecule has 2 heteroatoms. The first-order valence-corrected chi connectivity index (χ1v) is 4.67. The fourth-order valence-electron chi connectivity index (χ4n) is 1.39. The molecule has 0 amide bonds. The summed E-state index contributed by atoms with van der Waals surface area (Å²) in [7, 11) is 0. The monoisotopic (exact) mass is 179 g/mol. The van der Waals surface area contributed by atoms with Gasteiger partial charge in [0.1, 0.15) is 5.75 Å². The van der Waals surface area contributed by atoms with Gasteiger partial charge in [-0.25, -0.2) is 0 Å². The minimum absolute atomic E-state index is 0.359. The van der Waals surface area contributed by atoms with E-state index in [2.05, 4.69) is 13.8 Å². The van der Waals surface area contributed by atoms with E-state index in [1.165, 1.54) is 5.56 Å². The van der Waals surface area contributed by atoms with Crippen LogP contribution in [0.4, 0.5) is 0 Å². The fraction of sp³-hybridized carbons (Fsp3) is 0.455. The first kappa shape index (κ1) is 10.1. The summed E-state index contributed by atoms with van der Waals surface area (Å²) in [5.74, 6) is 0.744. The van der Waals surface area contributed by atoms with Crippen molar-refractivity contribution in [2.45, 2.75) is 26.2 Å². The molecule has 0 aromatic heterocycles. The van der Waals surface area contributed by atoms with Gasteiger partial charge in [-0.05, 0) is 36.1 Å². The van der Waals surface area contributed by atoms with Crippen LogP contribution in [0.5, 0.6) is 5.75 Å². The predicted molar refractivity (Wildman–Crippen MR) is 55.0 cm³/mol. The molecule has 1 aromatic rings. The maximum absolute atomic E-state index is 9.54. The molecular formula is C11H17NO. The van der Waals surface area contributed by atoms with E-state index in [0.717, 1.165) is 12.0 Å². The largest absolute Gasteiger partial charge is 0.508 e. The number of aromatic hydroxyl groups is 1. The van der Waals surface area contributed by atoms with Gasteiger partial charge in [-0.3, -0.25) is 0 Å². The van der Waals surface area contributed by atoms with E-state index in [4.69, 9.17) is 5.73 Å². The van der Waals surface area contributed by atoms with Crippen molar-refractivity contribution in [1.29, 1.82) is 0 Å². The summed E-state index contributed by atoms with van der Waals surface area (Å²) in [5.41, 5.74) is 7.67. The second kappa shape index (κ2) is 4.28. The molecule has 1 rings (SSSR count). The lowest BCUT2D eigenvalue weighted by Gasteiger charge is -2.09. The maximum Gasteiger partial charge on any atom is 0.119 e. The molecule has 2 nitrogen and oxygen atoms in total. The Morgan fingerprint density at radius 1 is 1.38 bits per heavy atom. The predicted octanol–water partition coefficient (Wildman–Crippen LogP) is 2.02. The van der Waals surface area contributed by atoms with Gasteiger partial charge in [-0.1, -0.05) is 26.0 Å². The van der Waals surface area contributed by atoms with Gasteiger partial charge < -0.3 is 10.8 Å². The van der Waals surface area contributed by atoms with Gasteiger partial charge in [0.05, 0.1) is 0 Å². The quantitative estimate of drug-likeness (QED) is 0.745. The molecule has 0 heterocycles. The van der Waals surface area contributed by atoms with E-state index in [1.807, 2.05) is 12.1 Å². The summed E-state index contributed by atoms with van der Waals surface area (Å²) in [6.07, 6.45) is 0.875. The molecule has 1 aromatic carbocycles. The van der Waals surface area contributed by atoms with Crippen molar-refractivity contribution in [3.8, 4) is 5.75 Å². The third kappa shape index (κ3) is 2.46. The van der Waals surface area contributed by atoms with Crippen molar-refractivity contribution in [2.24, 2.45) is 5.73 Å². The lowest BCUT2D eigenvalue weighted by molar-refractivity contribution is 0.464. The molecule has 0 atom stereocenters. The number of nitrogens with two attached hydrogens (primary N) is 1. The summed E-state index contributed by atoms with van der Waals surface area (Å²) in [4.78, 5) is 0. The van der Waals surface area contributed by atoms with Gasteiger partial charge in [-0.2, -0.15) is 0 Å². The van der Waals surface area contributed by atoms with Gasteiger partial charge >= 0.3 is 0 Å². The van der Waals surface area contributed by atoms with Crippen molar-refractivity contribution >= 4 is 0 Å². The molecule has 0 aliphatic rings. The SMILES string of the molecule is CC(C)c1cc(CCN)ccc1O. The average molecular weight is 179 g/mol. The van der Waals surface area contributed by atoms with Crippen molar-refractivity contribution in [3.63, 3.8) is 0 Å². The van der Waals surface area contributed by atoms with Crippen LogP contribution in [0.1, 0.15) is 30.9 Å². The number of hydrogen-bond acceptors (Lipinski definition) is 2. The zero-order chi connectivity index (χ0) is 9.84. The van der Waals surface area contributed by atoms with Crippen LogP contribution in [0.15, 0.2) is 18.2 Å². The minimum Gasteiger partial charge on any atom is -0.508 e. The number of benzene rings is 1. The first-order valence-electron chi connectivity index (χ1n) is 4.67. The van der Waals surface area contributed by atoms with Crippen LogP contribution in [0.25, 0.3) is 0 Å². The molecular weight excluding hydrogens is 162 g/mol. The maximum atomic E-state index is 9.54. The molecule has 0 bridgehead atoms. The topological polar surface area (TPSA) is 46.2 Å². The van der Waals surface area contributed by atoms with Gasteiger partial charge in [0.15, 0.2) is 0 Å². The molecule has 0 radical (unpaired) electrons. The van der Waals surface area contributed by atoms with E-state index in [9.17, 15) is 5.11 Å². The van der Waals surface area contributed by atoms with Crippen LogP contribution >= 0.6 is 0 Å². The van der Waals surface area contributed by atoms with Gasteiger partial charge in [0.25, 0.3) is 0 Å². The first-order chi connectivity index (χ1) is 6.15. The summed E-state index contributed by atoms with van der Waals surface area (Å²) < 4.78 is 0. The Hall–Kier alpha value is -1.02. The van der Waals surface area contributed by atoms with Crippen LogP contribution in [0, 0.1) is 0 Å². The molecule has 0 saturated heterocycles. The Morgan fingerprint density at radius 2 is 2.08 bits per heavy atom. The number of rotatable bonds is 3. The Kier molecular flexibility index (Phi) is 3.32. The standard InChI is InChI=1S/C11H17NO/c1-8(2)10-7-9(5-6-12)3-4-11(10)13/h3-4,7-8,13H,5-6,12H2,1-2H3. The molecule has 13 heavy (non-hydrogen) atoms. The molecule has 0 aliphatic carbocycles. The highest BCUT2D eigenvalue weighted by atomic mass is 16.3. The zero-order valence-electron chi connectivity index (χ0n) is 8.25. The average Bonchev–Trinajstić information content (AvgIpc) is 2.08. The normalized spacial score (nSPS) is 10.8. The van der Waals surface area contributed by atoms with E-state index in [-0.39, 0.29) is 0 Å². The summed E-state index contributed by atoms with van der Waals surface area (Å²) in [6.45, 7) is 4.80. The highest BCUT2D eigenvalue weighted by Crippen LogP contribution is 2.26. The number of phenols is 1. The minimum atomic E-state index is 0.359.